The summed E-state index contributed by atoms with van der Waals surface area (Å²) in [6, 6.07) is 5.63. The lowest BCUT2D eigenvalue weighted by Crippen LogP contribution is -2.48. The number of hydrogen-bond acceptors (Lipinski definition) is 5. The number of aryl methyl sites for hydroxylation is 2. The first kappa shape index (κ1) is 20.1. The first-order valence-corrected chi connectivity index (χ1v) is 11.2. The molecule has 0 atom stereocenters. The maximum atomic E-state index is 12.6. The first-order chi connectivity index (χ1) is 12.7. The summed E-state index contributed by atoms with van der Waals surface area (Å²) in [5.41, 5.74) is 2.57. The second-order valence-electron chi connectivity index (χ2n) is 7.36. The zero-order chi connectivity index (χ0) is 19.7. The van der Waals surface area contributed by atoms with Crippen LogP contribution >= 0.6 is 0 Å². The number of hydrogen-bond donors (Lipinski definition) is 0. The Bertz CT molecular complexity index is 792. The van der Waals surface area contributed by atoms with E-state index in [9.17, 15) is 13.2 Å². The molecule has 2 aliphatic rings. The van der Waals surface area contributed by atoms with Gasteiger partial charge < -0.3 is 14.4 Å². The van der Waals surface area contributed by atoms with E-state index in [1.54, 1.807) is 11.0 Å². The number of carbonyl (C=O) groups is 1. The highest BCUT2D eigenvalue weighted by Gasteiger charge is 2.40. The van der Waals surface area contributed by atoms with Crippen molar-refractivity contribution >= 4 is 21.6 Å². The fraction of sp³-hybridized carbons (Fsp3) is 0.632. The highest BCUT2D eigenvalue weighted by Crippen LogP contribution is 2.31. The lowest BCUT2D eigenvalue weighted by molar-refractivity contribution is -0.187. The molecule has 0 N–H and O–H groups in total. The SMILES string of the molecule is Cc1ccc(N(CCC(=O)N2CCC3(CC2)OCCO3)S(C)(=O)=O)c(C)c1. The lowest BCUT2D eigenvalue weighted by atomic mass is 10.0. The highest BCUT2D eigenvalue weighted by molar-refractivity contribution is 7.92. The summed E-state index contributed by atoms with van der Waals surface area (Å²) in [6.07, 6.45) is 2.64. The third kappa shape index (κ3) is 4.62. The minimum absolute atomic E-state index is 0.0405. The largest absolute Gasteiger partial charge is 0.347 e. The van der Waals surface area contributed by atoms with Crippen LogP contribution in [-0.4, -0.2) is 64.1 Å². The molecule has 7 nitrogen and oxygen atoms in total. The quantitative estimate of drug-likeness (QED) is 0.759. The topological polar surface area (TPSA) is 76.2 Å². The van der Waals surface area contributed by atoms with Crippen LogP contribution in [0.5, 0.6) is 0 Å². The maximum absolute atomic E-state index is 12.6. The summed E-state index contributed by atoms with van der Waals surface area (Å²) in [5.74, 6) is -0.560. The molecule has 0 unspecified atom stereocenters. The van der Waals surface area contributed by atoms with Crippen LogP contribution in [-0.2, 0) is 24.3 Å². The lowest BCUT2D eigenvalue weighted by Gasteiger charge is -2.37. The molecule has 2 aliphatic heterocycles. The van der Waals surface area contributed by atoms with Crippen molar-refractivity contribution in [2.75, 3.05) is 43.4 Å². The third-order valence-corrected chi connectivity index (χ3v) is 6.42. The van der Waals surface area contributed by atoms with E-state index in [0.29, 0.717) is 44.8 Å². The van der Waals surface area contributed by atoms with E-state index in [1.165, 1.54) is 10.6 Å². The molecule has 2 saturated heterocycles. The Labute approximate surface area is 161 Å². The second-order valence-corrected chi connectivity index (χ2v) is 9.27. The number of benzene rings is 1. The number of rotatable bonds is 5. The standard InChI is InChI=1S/C19H28N2O5S/c1-15-4-5-17(16(2)14-15)21(27(3,23)24)9-6-18(22)20-10-7-19(8-11-20)25-12-13-26-19/h4-5,14H,6-13H2,1-3H3. The number of carbonyl (C=O) groups excluding carboxylic acids is 1. The molecule has 1 amide bonds. The number of nitrogens with zero attached hydrogens (tertiary/aromatic N) is 2. The first-order valence-electron chi connectivity index (χ1n) is 9.31. The molecule has 150 valence electrons. The third-order valence-electron chi connectivity index (χ3n) is 5.24. The molecule has 3 rings (SSSR count). The molecule has 0 radical (unpaired) electrons. The van der Waals surface area contributed by atoms with Gasteiger partial charge in [-0.15, -0.1) is 0 Å². The van der Waals surface area contributed by atoms with E-state index in [4.69, 9.17) is 9.47 Å². The van der Waals surface area contributed by atoms with Gasteiger partial charge in [0.2, 0.25) is 15.9 Å². The Morgan fingerprint density at radius 1 is 1.19 bits per heavy atom. The van der Waals surface area contributed by atoms with Crippen molar-refractivity contribution < 1.29 is 22.7 Å². The average Bonchev–Trinajstić information content (AvgIpc) is 3.04. The Kier molecular flexibility index (Phi) is 5.79. The molecule has 2 fully saturated rings. The average molecular weight is 397 g/mol. The van der Waals surface area contributed by atoms with E-state index >= 15 is 0 Å². The molecule has 0 bridgehead atoms. The van der Waals surface area contributed by atoms with Crippen molar-refractivity contribution in [1.82, 2.24) is 4.90 Å². The van der Waals surface area contributed by atoms with Crippen molar-refractivity contribution in [3.8, 4) is 0 Å². The van der Waals surface area contributed by atoms with Crippen LogP contribution in [0, 0.1) is 13.8 Å². The predicted molar refractivity (Wildman–Crippen MR) is 103 cm³/mol. The maximum Gasteiger partial charge on any atom is 0.232 e. The number of sulfonamides is 1. The van der Waals surface area contributed by atoms with Crippen molar-refractivity contribution in [2.45, 2.75) is 38.9 Å². The molecular formula is C19H28N2O5S. The Morgan fingerprint density at radius 2 is 1.81 bits per heavy atom. The van der Waals surface area contributed by atoms with Gasteiger partial charge in [-0.3, -0.25) is 9.10 Å². The normalized spacial score (nSPS) is 19.4. The Balaban J connectivity index is 1.63. The molecule has 8 heteroatoms. The van der Waals surface area contributed by atoms with E-state index in [-0.39, 0.29) is 18.9 Å². The van der Waals surface area contributed by atoms with Gasteiger partial charge in [0.25, 0.3) is 0 Å². The van der Waals surface area contributed by atoms with Crippen molar-refractivity contribution in [3.05, 3.63) is 29.3 Å². The second kappa shape index (κ2) is 7.77. The molecular weight excluding hydrogens is 368 g/mol. The van der Waals surface area contributed by atoms with Gasteiger partial charge in [0, 0.05) is 38.9 Å². The summed E-state index contributed by atoms with van der Waals surface area (Å²) in [4.78, 5) is 14.4. The van der Waals surface area contributed by atoms with Crippen molar-refractivity contribution in [2.24, 2.45) is 0 Å². The van der Waals surface area contributed by atoms with Crippen molar-refractivity contribution in [1.29, 1.82) is 0 Å². The van der Waals surface area contributed by atoms with Gasteiger partial charge in [-0.2, -0.15) is 0 Å². The zero-order valence-corrected chi connectivity index (χ0v) is 17.0. The van der Waals surface area contributed by atoms with Crippen LogP contribution in [0.25, 0.3) is 0 Å². The van der Waals surface area contributed by atoms with Crippen LogP contribution in [0.2, 0.25) is 0 Å². The van der Waals surface area contributed by atoms with Crippen LogP contribution in [0.3, 0.4) is 0 Å². The molecule has 0 saturated carbocycles. The van der Waals surface area contributed by atoms with Gasteiger partial charge in [0.1, 0.15) is 0 Å². The number of anilines is 1. The van der Waals surface area contributed by atoms with Gasteiger partial charge in [0.05, 0.1) is 25.2 Å². The van der Waals surface area contributed by atoms with Gasteiger partial charge in [-0.1, -0.05) is 17.7 Å². The molecule has 27 heavy (non-hydrogen) atoms. The van der Waals surface area contributed by atoms with Crippen LogP contribution in [0.15, 0.2) is 18.2 Å². The molecule has 1 aromatic rings. The minimum atomic E-state index is -3.48. The summed E-state index contributed by atoms with van der Waals surface area (Å²) in [7, 11) is -3.48. The smallest absolute Gasteiger partial charge is 0.232 e. The molecule has 0 aliphatic carbocycles. The molecule has 2 heterocycles. The molecule has 1 aromatic carbocycles. The number of ether oxygens (including phenoxy) is 2. The predicted octanol–water partition coefficient (Wildman–Crippen LogP) is 1.83. The summed E-state index contributed by atoms with van der Waals surface area (Å²) in [6.45, 7) is 6.33. The van der Waals surface area contributed by atoms with E-state index in [1.807, 2.05) is 26.0 Å². The Hall–Kier alpha value is -1.64. The summed E-state index contributed by atoms with van der Waals surface area (Å²) >= 11 is 0. The minimum Gasteiger partial charge on any atom is -0.347 e. The van der Waals surface area contributed by atoms with Gasteiger partial charge in [-0.25, -0.2) is 8.42 Å². The van der Waals surface area contributed by atoms with Crippen molar-refractivity contribution in [3.63, 3.8) is 0 Å². The van der Waals surface area contributed by atoms with Crippen LogP contribution < -0.4 is 4.31 Å². The van der Waals surface area contributed by atoms with E-state index in [2.05, 4.69) is 0 Å². The Morgan fingerprint density at radius 3 is 2.37 bits per heavy atom. The highest BCUT2D eigenvalue weighted by atomic mass is 32.2. The van der Waals surface area contributed by atoms with Crippen LogP contribution in [0.1, 0.15) is 30.4 Å². The van der Waals surface area contributed by atoms with Crippen LogP contribution in [0.4, 0.5) is 5.69 Å². The van der Waals surface area contributed by atoms with Gasteiger partial charge in [0.15, 0.2) is 5.79 Å². The van der Waals surface area contributed by atoms with Gasteiger partial charge >= 0.3 is 0 Å². The zero-order valence-electron chi connectivity index (χ0n) is 16.2. The fourth-order valence-corrected chi connectivity index (χ4v) is 4.77. The molecule has 0 aromatic heterocycles. The number of amides is 1. The molecule has 1 spiro atoms. The fourth-order valence-electron chi connectivity index (χ4n) is 3.79. The van der Waals surface area contributed by atoms with E-state index < -0.39 is 15.8 Å². The summed E-state index contributed by atoms with van der Waals surface area (Å²) < 4.78 is 37.3. The number of likely N-dealkylation sites (tertiary alicyclic amines) is 1. The number of piperidine rings is 1. The van der Waals surface area contributed by atoms with E-state index in [0.717, 1.165) is 11.1 Å². The monoisotopic (exact) mass is 396 g/mol. The summed E-state index contributed by atoms with van der Waals surface area (Å²) in [5, 5.41) is 0. The van der Waals surface area contributed by atoms with Gasteiger partial charge in [-0.05, 0) is 25.5 Å².